The smallest absolute Gasteiger partial charge is 0.337 e. The lowest BCUT2D eigenvalue weighted by Crippen LogP contribution is -2.48. The number of nitrogens with one attached hydrogen (secondary N) is 1. The van der Waals surface area contributed by atoms with Gasteiger partial charge >= 0.3 is 12.0 Å². The Balaban J connectivity index is 1.47. The summed E-state index contributed by atoms with van der Waals surface area (Å²) in [6, 6.07) is 23.5. The number of ether oxygens (including phenoxy) is 2. The van der Waals surface area contributed by atoms with Crippen LogP contribution in [0.2, 0.25) is 0 Å². The summed E-state index contributed by atoms with van der Waals surface area (Å²) in [5.41, 5.74) is 5.41. The van der Waals surface area contributed by atoms with Crippen molar-refractivity contribution in [1.29, 1.82) is 0 Å². The first-order valence-corrected chi connectivity index (χ1v) is 11.6. The van der Waals surface area contributed by atoms with E-state index in [-0.39, 0.29) is 12.0 Å². The summed E-state index contributed by atoms with van der Waals surface area (Å²) in [4.78, 5) is 32.3. The summed E-state index contributed by atoms with van der Waals surface area (Å²) in [7, 11) is 1.36. The number of esters is 1. The number of urea groups is 1. The number of morpholine rings is 1. The lowest BCUT2D eigenvalue weighted by Gasteiger charge is -2.33. The molecule has 0 aliphatic carbocycles. The zero-order valence-electron chi connectivity index (χ0n) is 19.6. The molecule has 0 saturated carbocycles. The summed E-state index contributed by atoms with van der Waals surface area (Å²) >= 11 is 0. The van der Waals surface area contributed by atoms with Crippen LogP contribution in [0.25, 0.3) is 22.0 Å². The number of H-pyrrole nitrogens is 1. The average molecular weight is 470 g/mol. The summed E-state index contributed by atoms with van der Waals surface area (Å²) in [6.45, 7) is 2.55. The molecule has 1 saturated heterocycles. The number of aromatic nitrogens is 1. The molecule has 7 heteroatoms. The van der Waals surface area contributed by atoms with Crippen molar-refractivity contribution in [3.8, 4) is 11.1 Å². The fourth-order valence-corrected chi connectivity index (χ4v) is 4.33. The molecule has 2 heterocycles. The fraction of sp³-hybridized carbons (Fsp3) is 0.214. The van der Waals surface area contributed by atoms with E-state index in [1.54, 1.807) is 17.0 Å². The van der Waals surface area contributed by atoms with Crippen LogP contribution in [0.15, 0.2) is 79.0 Å². The van der Waals surface area contributed by atoms with Crippen molar-refractivity contribution in [3.63, 3.8) is 0 Å². The Bertz CT molecular complexity index is 1340. The van der Waals surface area contributed by atoms with Crippen LogP contribution in [0, 0.1) is 0 Å². The molecule has 3 aromatic carbocycles. The van der Waals surface area contributed by atoms with Crippen molar-refractivity contribution in [2.75, 3.05) is 38.3 Å². The molecule has 0 spiro atoms. The predicted molar refractivity (Wildman–Crippen MR) is 135 cm³/mol. The van der Waals surface area contributed by atoms with Crippen molar-refractivity contribution in [1.82, 2.24) is 9.88 Å². The Morgan fingerprint density at radius 3 is 2.51 bits per heavy atom. The summed E-state index contributed by atoms with van der Waals surface area (Å²) in [5, 5.41) is 1.14. The maximum absolute atomic E-state index is 13.6. The van der Waals surface area contributed by atoms with Crippen molar-refractivity contribution in [2.24, 2.45) is 0 Å². The average Bonchev–Trinajstić information content (AvgIpc) is 3.40. The van der Waals surface area contributed by atoms with E-state index in [2.05, 4.69) is 41.4 Å². The van der Waals surface area contributed by atoms with Crippen molar-refractivity contribution in [3.05, 3.63) is 90.1 Å². The molecule has 1 N–H and O–H groups in total. The van der Waals surface area contributed by atoms with Crippen molar-refractivity contribution >= 4 is 28.6 Å². The van der Waals surface area contributed by atoms with E-state index in [0.29, 0.717) is 38.4 Å². The van der Waals surface area contributed by atoms with Gasteiger partial charge in [0.25, 0.3) is 0 Å². The standard InChI is InChI=1S/C28H27N3O4/c1-34-27(32)21-7-5-20(6-8-21)19-31(28(33)30-13-15-35-16-14-30)25-4-2-3-22(18-25)23-9-10-26-24(17-23)11-12-29-26/h2-12,17-18,29H,13-16,19H2,1H3. The van der Waals surface area contributed by atoms with Crippen LogP contribution in [0.5, 0.6) is 0 Å². The molecule has 2 amide bonds. The zero-order valence-corrected chi connectivity index (χ0v) is 19.6. The van der Waals surface area contributed by atoms with Crippen LogP contribution < -0.4 is 4.90 Å². The summed E-state index contributed by atoms with van der Waals surface area (Å²) < 4.78 is 10.2. The molecule has 1 fully saturated rings. The number of carbonyl (C=O) groups is 2. The van der Waals surface area contributed by atoms with Gasteiger partial charge in [-0.1, -0.05) is 30.3 Å². The predicted octanol–water partition coefficient (Wildman–Crippen LogP) is 5.08. The minimum atomic E-state index is -0.384. The van der Waals surface area contributed by atoms with E-state index in [1.165, 1.54) is 7.11 Å². The molecular weight excluding hydrogens is 442 g/mol. The number of anilines is 1. The number of benzene rings is 3. The molecule has 1 aliphatic rings. The first-order valence-electron chi connectivity index (χ1n) is 11.6. The van der Waals surface area contributed by atoms with E-state index >= 15 is 0 Å². The minimum absolute atomic E-state index is 0.0661. The number of fused-ring (bicyclic) bond motifs is 1. The van der Waals surface area contributed by atoms with Crippen LogP contribution >= 0.6 is 0 Å². The highest BCUT2D eigenvalue weighted by atomic mass is 16.5. The van der Waals surface area contributed by atoms with Crippen LogP contribution in [-0.4, -0.2) is 55.3 Å². The van der Waals surface area contributed by atoms with Gasteiger partial charge in [-0.05, 0) is 64.5 Å². The monoisotopic (exact) mass is 469 g/mol. The van der Waals surface area contributed by atoms with Gasteiger partial charge in [-0.15, -0.1) is 0 Å². The largest absolute Gasteiger partial charge is 0.465 e. The Kier molecular flexibility index (Phi) is 6.50. The molecule has 0 atom stereocenters. The Morgan fingerprint density at radius 2 is 1.74 bits per heavy atom. The number of carbonyl (C=O) groups excluding carboxylic acids is 2. The van der Waals surface area contributed by atoms with Gasteiger partial charge in [0.2, 0.25) is 0 Å². The van der Waals surface area contributed by atoms with E-state index in [0.717, 1.165) is 33.3 Å². The second-order valence-corrected chi connectivity index (χ2v) is 8.49. The van der Waals surface area contributed by atoms with Crippen LogP contribution in [-0.2, 0) is 16.0 Å². The number of hydrogen-bond donors (Lipinski definition) is 1. The quantitative estimate of drug-likeness (QED) is 0.414. The first kappa shape index (κ1) is 22.7. The van der Waals surface area contributed by atoms with Crippen LogP contribution in [0.1, 0.15) is 15.9 Å². The molecule has 4 aromatic rings. The molecule has 0 radical (unpaired) electrons. The SMILES string of the molecule is COC(=O)c1ccc(CN(C(=O)N2CCOCC2)c2cccc(-c3ccc4[nH]ccc4c3)c2)cc1. The van der Waals surface area contributed by atoms with Gasteiger partial charge in [-0.3, -0.25) is 4.90 Å². The van der Waals surface area contributed by atoms with Crippen LogP contribution in [0.4, 0.5) is 10.5 Å². The fourth-order valence-electron chi connectivity index (χ4n) is 4.33. The Hall–Kier alpha value is -4.10. The first-order chi connectivity index (χ1) is 17.1. The highest BCUT2D eigenvalue weighted by Gasteiger charge is 2.25. The lowest BCUT2D eigenvalue weighted by molar-refractivity contribution is 0.0548. The van der Waals surface area contributed by atoms with E-state index in [1.807, 2.05) is 35.4 Å². The third-order valence-corrected chi connectivity index (χ3v) is 6.27. The van der Waals surface area contributed by atoms with E-state index in [4.69, 9.17) is 9.47 Å². The lowest BCUT2D eigenvalue weighted by atomic mass is 10.0. The topological polar surface area (TPSA) is 74.9 Å². The number of amides is 2. The third kappa shape index (κ3) is 4.90. The highest BCUT2D eigenvalue weighted by Crippen LogP contribution is 2.29. The Morgan fingerprint density at radius 1 is 0.971 bits per heavy atom. The minimum Gasteiger partial charge on any atom is -0.465 e. The third-order valence-electron chi connectivity index (χ3n) is 6.27. The highest BCUT2D eigenvalue weighted by molar-refractivity contribution is 5.93. The van der Waals surface area contributed by atoms with Crippen LogP contribution in [0.3, 0.4) is 0 Å². The number of hydrogen-bond acceptors (Lipinski definition) is 4. The zero-order chi connectivity index (χ0) is 24.2. The number of rotatable bonds is 5. The van der Waals surface area contributed by atoms with Gasteiger partial charge in [0, 0.05) is 30.5 Å². The molecule has 7 nitrogen and oxygen atoms in total. The number of methoxy groups -OCH3 is 1. The molecular formula is C28H27N3O4. The molecule has 5 rings (SSSR count). The maximum atomic E-state index is 13.6. The molecule has 1 aromatic heterocycles. The second kappa shape index (κ2) is 10.0. The molecule has 35 heavy (non-hydrogen) atoms. The van der Waals surface area contributed by atoms with Crippen molar-refractivity contribution < 1.29 is 19.1 Å². The van der Waals surface area contributed by atoms with E-state index < -0.39 is 0 Å². The van der Waals surface area contributed by atoms with E-state index in [9.17, 15) is 9.59 Å². The molecule has 178 valence electrons. The maximum Gasteiger partial charge on any atom is 0.337 e. The summed E-state index contributed by atoms with van der Waals surface area (Å²) in [6.07, 6.45) is 1.93. The molecule has 1 aliphatic heterocycles. The van der Waals surface area contributed by atoms with Crippen molar-refractivity contribution in [2.45, 2.75) is 6.54 Å². The van der Waals surface area contributed by atoms with Gasteiger partial charge in [0.1, 0.15) is 0 Å². The molecule has 0 bridgehead atoms. The number of nitrogens with zero attached hydrogens (tertiary/aromatic N) is 2. The normalized spacial score (nSPS) is 13.6. The van der Waals surface area contributed by atoms with Gasteiger partial charge in [-0.2, -0.15) is 0 Å². The molecule has 0 unspecified atom stereocenters. The second-order valence-electron chi connectivity index (χ2n) is 8.49. The van der Waals surface area contributed by atoms with Gasteiger partial charge in [-0.25, -0.2) is 9.59 Å². The van der Waals surface area contributed by atoms with Gasteiger partial charge in [0.15, 0.2) is 0 Å². The number of aromatic amines is 1. The van der Waals surface area contributed by atoms with Gasteiger partial charge < -0.3 is 19.4 Å². The van der Waals surface area contributed by atoms with Gasteiger partial charge in [0.05, 0.1) is 32.4 Å². The summed E-state index contributed by atoms with van der Waals surface area (Å²) in [5.74, 6) is -0.384. The Labute approximate surface area is 203 Å².